The van der Waals surface area contributed by atoms with Crippen LogP contribution in [0.3, 0.4) is 0 Å². The lowest BCUT2D eigenvalue weighted by atomic mass is 10.0. The highest BCUT2D eigenvalue weighted by Crippen LogP contribution is 2.32. The van der Waals surface area contributed by atoms with Gasteiger partial charge in [-0.15, -0.1) is 0 Å². The average Bonchev–Trinajstić information content (AvgIpc) is 3.41. The minimum atomic E-state index is 0.0643. The van der Waals surface area contributed by atoms with Crippen molar-refractivity contribution in [3.05, 3.63) is 70.5 Å². The Hall–Kier alpha value is -3.54. The maximum atomic E-state index is 9.62. The second-order valence-corrected chi connectivity index (χ2v) is 9.75. The van der Waals surface area contributed by atoms with Crippen LogP contribution in [0.2, 0.25) is 0 Å². The van der Waals surface area contributed by atoms with Crippen LogP contribution in [0.25, 0.3) is 5.70 Å². The summed E-state index contributed by atoms with van der Waals surface area (Å²) < 4.78 is 11.9. The molecule has 8 heteroatoms. The van der Waals surface area contributed by atoms with Crippen molar-refractivity contribution in [1.29, 1.82) is 5.26 Å². The van der Waals surface area contributed by atoms with Crippen LogP contribution in [-0.2, 0) is 4.74 Å². The Labute approximate surface area is 212 Å². The van der Waals surface area contributed by atoms with Crippen LogP contribution in [0.15, 0.2) is 64.5 Å². The molecule has 188 valence electrons. The molecule has 2 aliphatic carbocycles. The van der Waals surface area contributed by atoms with E-state index in [1.807, 2.05) is 18.2 Å². The SMILES string of the molecule is N#Cc1cc(/C(N)=C2\C=C(C3=CCC(OCCN4CCCC4)C=C3)N\C2=N\O)ccc1OCC1CC1. The Balaban J connectivity index is 1.26. The predicted molar refractivity (Wildman–Crippen MR) is 138 cm³/mol. The second-order valence-electron chi connectivity index (χ2n) is 9.75. The van der Waals surface area contributed by atoms with Gasteiger partial charge in [-0.1, -0.05) is 23.4 Å². The fraction of sp³-hybridized carbons (Fsp3) is 0.429. The van der Waals surface area contributed by atoms with Gasteiger partial charge in [-0.2, -0.15) is 5.26 Å². The molecule has 1 atom stereocenters. The third-order valence-corrected chi connectivity index (χ3v) is 7.08. The first-order chi connectivity index (χ1) is 17.6. The second kappa shape index (κ2) is 11.0. The fourth-order valence-corrected chi connectivity index (χ4v) is 4.71. The minimum absolute atomic E-state index is 0.0643. The number of ether oxygens (including phenoxy) is 2. The first-order valence-electron chi connectivity index (χ1n) is 12.8. The monoisotopic (exact) mass is 487 g/mol. The summed E-state index contributed by atoms with van der Waals surface area (Å²) in [5.74, 6) is 1.44. The van der Waals surface area contributed by atoms with Gasteiger partial charge < -0.3 is 30.6 Å². The molecule has 0 bridgehead atoms. The Bertz CT molecular complexity index is 1180. The molecule has 1 aromatic rings. The van der Waals surface area contributed by atoms with E-state index in [0.717, 1.165) is 30.8 Å². The van der Waals surface area contributed by atoms with E-state index in [9.17, 15) is 10.5 Å². The van der Waals surface area contributed by atoms with Crippen LogP contribution in [0.5, 0.6) is 5.75 Å². The highest BCUT2D eigenvalue weighted by atomic mass is 16.5. The minimum Gasteiger partial charge on any atom is -0.492 e. The number of allylic oxidation sites excluding steroid dienone is 1. The van der Waals surface area contributed by atoms with Gasteiger partial charge in [-0.05, 0) is 86.5 Å². The van der Waals surface area contributed by atoms with E-state index in [0.29, 0.717) is 40.7 Å². The largest absolute Gasteiger partial charge is 0.492 e. The van der Waals surface area contributed by atoms with Crippen molar-refractivity contribution in [2.24, 2.45) is 16.8 Å². The van der Waals surface area contributed by atoms with Crippen molar-refractivity contribution >= 4 is 11.5 Å². The molecule has 8 nitrogen and oxygen atoms in total. The van der Waals surface area contributed by atoms with E-state index in [1.54, 1.807) is 12.1 Å². The summed E-state index contributed by atoms with van der Waals surface area (Å²) in [6.07, 6.45) is 13.9. The maximum Gasteiger partial charge on any atom is 0.179 e. The summed E-state index contributed by atoms with van der Waals surface area (Å²) in [4.78, 5) is 2.45. The molecule has 4 aliphatic rings. The van der Waals surface area contributed by atoms with E-state index < -0.39 is 0 Å². The van der Waals surface area contributed by atoms with E-state index in [4.69, 9.17) is 15.2 Å². The zero-order chi connectivity index (χ0) is 24.9. The Morgan fingerprint density at radius 3 is 2.81 bits per heavy atom. The van der Waals surface area contributed by atoms with Crippen LogP contribution in [0.1, 0.15) is 43.2 Å². The van der Waals surface area contributed by atoms with E-state index >= 15 is 0 Å². The van der Waals surface area contributed by atoms with Gasteiger partial charge in [0.25, 0.3) is 0 Å². The summed E-state index contributed by atoms with van der Waals surface area (Å²) >= 11 is 0. The number of nitrogens with one attached hydrogen (secondary N) is 1. The molecule has 2 fully saturated rings. The van der Waals surface area contributed by atoms with Crippen LogP contribution in [-0.4, -0.2) is 54.9 Å². The van der Waals surface area contributed by atoms with Crippen molar-refractivity contribution in [2.75, 3.05) is 32.8 Å². The lowest BCUT2D eigenvalue weighted by molar-refractivity contribution is 0.0701. The molecule has 2 aliphatic heterocycles. The van der Waals surface area contributed by atoms with Crippen molar-refractivity contribution in [3.63, 3.8) is 0 Å². The number of nitriles is 1. The number of benzene rings is 1. The van der Waals surface area contributed by atoms with Gasteiger partial charge in [-0.3, -0.25) is 0 Å². The number of hydrogen-bond acceptors (Lipinski definition) is 7. The first-order valence-corrected chi connectivity index (χ1v) is 12.8. The topological polar surface area (TPSA) is 116 Å². The molecule has 5 rings (SSSR count). The number of rotatable bonds is 9. The van der Waals surface area contributed by atoms with E-state index in [2.05, 4.69) is 33.6 Å². The number of nitrogens with two attached hydrogens (primary N) is 1. The van der Waals surface area contributed by atoms with Gasteiger partial charge >= 0.3 is 0 Å². The van der Waals surface area contributed by atoms with Crippen molar-refractivity contribution in [1.82, 2.24) is 10.2 Å². The number of amidine groups is 1. The van der Waals surface area contributed by atoms with Gasteiger partial charge in [0.05, 0.1) is 30.6 Å². The number of likely N-dealkylation sites (tertiary alicyclic amines) is 1. The molecule has 4 N–H and O–H groups in total. The molecule has 1 saturated carbocycles. The zero-order valence-electron chi connectivity index (χ0n) is 20.4. The fourth-order valence-electron chi connectivity index (χ4n) is 4.71. The number of hydrogen-bond donors (Lipinski definition) is 3. The van der Waals surface area contributed by atoms with Crippen LogP contribution >= 0.6 is 0 Å². The molecule has 1 saturated heterocycles. The van der Waals surface area contributed by atoms with Gasteiger partial charge in [0.2, 0.25) is 0 Å². The standard InChI is InChI=1S/C28H33N5O3/c29-17-22-15-21(7-10-26(22)36-18-19-3-4-19)27(30)24-16-25(31-28(24)32-34)20-5-8-23(9-6-20)35-14-13-33-11-1-2-12-33/h5-8,10,15-16,19,23,34H,1-4,9,11-14,18,30H2,(H,31,32)/b27-24-. The third kappa shape index (κ3) is 5.64. The Morgan fingerprint density at radius 2 is 2.11 bits per heavy atom. The van der Waals surface area contributed by atoms with Crippen LogP contribution in [0, 0.1) is 17.2 Å². The van der Waals surface area contributed by atoms with Crippen molar-refractivity contribution in [3.8, 4) is 11.8 Å². The van der Waals surface area contributed by atoms with Crippen LogP contribution < -0.4 is 15.8 Å². The number of oxime groups is 1. The highest BCUT2D eigenvalue weighted by Gasteiger charge is 2.25. The lowest BCUT2D eigenvalue weighted by Crippen LogP contribution is -2.26. The van der Waals surface area contributed by atoms with Crippen molar-refractivity contribution < 1.29 is 14.7 Å². The maximum absolute atomic E-state index is 9.62. The molecular weight excluding hydrogens is 454 g/mol. The summed E-state index contributed by atoms with van der Waals surface area (Å²) in [7, 11) is 0. The molecule has 2 heterocycles. The van der Waals surface area contributed by atoms with Gasteiger partial charge in [0.15, 0.2) is 5.84 Å². The third-order valence-electron chi connectivity index (χ3n) is 7.08. The molecule has 0 amide bonds. The van der Waals surface area contributed by atoms with Gasteiger partial charge in [0.1, 0.15) is 11.8 Å². The van der Waals surface area contributed by atoms with E-state index in [1.165, 1.54) is 38.8 Å². The Kier molecular flexibility index (Phi) is 7.40. The Morgan fingerprint density at radius 1 is 1.28 bits per heavy atom. The molecular formula is C28H33N5O3. The lowest BCUT2D eigenvalue weighted by Gasteiger charge is -2.20. The predicted octanol–water partition coefficient (Wildman–Crippen LogP) is 3.66. The van der Waals surface area contributed by atoms with Crippen LogP contribution in [0.4, 0.5) is 0 Å². The first kappa shape index (κ1) is 24.2. The average molecular weight is 488 g/mol. The van der Waals surface area contributed by atoms with E-state index in [-0.39, 0.29) is 11.9 Å². The molecule has 0 aromatic heterocycles. The molecule has 36 heavy (non-hydrogen) atoms. The zero-order valence-corrected chi connectivity index (χ0v) is 20.4. The molecule has 1 aromatic carbocycles. The summed E-state index contributed by atoms with van der Waals surface area (Å²) in [5.41, 5.74) is 10.4. The summed E-state index contributed by atoms with van der Waals surface area (Å²) in [5, 5.41) is 25.8. The van der Waals surface area contributed by atoms with Gasteiger partial charge in [0, 0.05) is 17.8 Å². The highest BCUT2D eigenvalue weighted by molar-refractivity contribution is 6.10. The summed E-state index contributed by atoms with van der Waals surface area (Å²) in [6.45, 7) is 4.71. The molecule has 1 unspecified atom stereocenters. The molecule has 0 spiro atoms. The molecule has 0 radical (unpaired) electrons. The van der Waals surface area contributed by atoms with Gasteiger partial charge in [-0.25, -0.2) is 0 Å². The quantitative estimate of drug-likeness (QED) is 0.360. The number of nitrogens with zero attached hydrogens (tertiary/aromatic N) is 3. The normalized spacial score (nSPS) is 24.3. The summed E-state index contributed by atoms with van der Waals surface area (Å²) in [6, 6.07) is 7.53. The van der Waals surface area contributed by atoms with Crippen molar-refractivity contribution in [2.45, 2.75) is 38.2 Å². The smallest absolute Gasteiger partial charge is 0.179 e.